The molecular formula is C25H28O8. The third-order valence-electron chi connectivity index (χ3n) is 5.72. The van der Waals surface area contributed by atoms with E-state index >= 15 is 0 Å². The van der Waals surface area contributed by atoms with E-state index in [-0.39, 0.29) is 13.2 Å². The highest BCUT2D eigenvalue weighted by atomic mass is 16.9. The maximum atomic E-state index is 13.3. The molecule has 3 fully saturated rings. The molecule has 0 radical (unpaired) electrons. The van der Waals surface area contributed by atoms with Gasteiger partial charge in [-0.05, 0) is 57.5 Å². The van der Waals surface area contributed by atoms with Gasteiger partial charge in [0.15, 0.2) is 17.7 Å². The molecule has 0 spiro atoms. The van der Waals surface area contributed by atoms with E-state index < -0.39 is 41.6 Å². The fraction of sp³-hybridized carbons (Fsp3) is 0.480. The van der Waals surface area contributed by atoms with E-state index in [1.165, 1.54) is 0 Å². The lowest BCUT2D eigenvalue weighted by atomic mass is 10.0. The maximum absolute atomic E-state index is 13.3. The zero-order chi connectivity index (χ0) is 23.3. The summed E-state index contributed by atoms with van der Waals surface area (Å²) in [5.41, 5.74) is 0.763. The molecule has 0 aromatic heterocycles. The molecule has 0 saturated carbocycles. The summed E-state index contributed by atoms with van der Waals surface area (Å²) >= 11 is 0. The molecule has 3 heterocycles. The second kappa shape index (κ2) is 8.07. The zero-order valence-corrected chi connectivity index (χ0v) is 19.1. The molecule has 2 aromatic rings. The highest BCUT2D eigenvalue weighted by molar-refractivity contribution is 5.80. The Balaban J connectivity index is 1.30. The number of fused-ring (bicyclic) bond motifs is 3. The van der Waals surface area contributed by atoms with Crippen molar-refractivity contribution in [3.05, 3.63) is 60.2 Å². The molecule has 0 unspecified atom stereocenters. The summed E-state index contributed by atoms with van der Waals surface area (Å²) < 4.78 is 41.3. The highest BCUT2D eigenvalue weighted by Crippen LogP contribution is 2.49. The van der Waals surface area contributed by atoms with Crippen LogP contribution in [-0.4, -0.2) is 48.2 Å². The molecule has 5 rings (SSSR count). The molecule has 4 atom stereocenters. The Morgan fingerprint density at radius 1 is 0.939 bits per heavy atom. The molecule has 0 aliphatic carbocycles. The van der Waals surface area contributed by atoms with Crippen LogP contribution in [0.1, 0.15) is 33.3 Å². The molecule has 2 aromatic carbocycles. The van der Waals surface area contributed by atoms with Crippen LogP contribution in [0.3, 0.4) is 0 Å². The molecule has 176 valence electrons. The van der Waals surface area contributed by atoms with Crippen molar-refractivity contribution >= 4 is 5.97 Å². The van der Waals surface area contributed by atoms with Gasteiger partial charge in [-0.15, -0.1) is 0 Å². The van der Waals surface area contributed by atoms with Gasteiger partial charge in [0, 0.05) is 0 Å². The summed E-state index contributed by atoms with van der Waals surface area (Å²) in [5, 5.41) is 0. The standard InChI is InChI=1S/C25H28O8/c1-23(2)28-15-19-20(31-23)21-25(30-19,33-24(3,4)32-21)22(26)27-14-16-9-8-12-18(13-16)29-17-10-6-5-7-11-17/h5-13,19-21H,14-15H2,1-4H3/t19-,20+,21-,25+/m0/s1. The minimum Gasteiger partial charge on any atom is -0.457 e. The summed E-state index contributed by atoms with van der Waals surface area (Å²) in [7, 11) is 0. The average Bonchev–Trinajstić information content (AvgIpc) is 3.20. The number of carbonyl (C=O) groups is 1. The summed E-state index contributed by atoms with van der Waals surface area (Å²) in [6.07, 6.45) is -1.80. The fourth-order valence-corrected chi connectivity index (χ4v) is 4.38. The first-order valence-electron chi connectivity index (χ1n) is 11.0. The number of carbonyl (C=O) groups excluding carboxylic acids is 1. The molecule has 3 aliphatic rings. The predicted molar refractivity (Wildman–Crippen MR) is 115 cm³/mol. The first-order valence-corrected chi connectivity index (χ1v) is 11.0. The van der Waals surface area contributed by atoms with Crippen molar-refractivity contribution in [3.63, 3.8) is 0 Å². The van der Waals surface area contributed by atoms with Crippen LogP contribution in [0.25, 0.3) is 0 Å². The van der Waals surface area contributed by atoms with E-state index in [0.29, 0.717) is 5.75 Å². The lowest BCUT2D eigenvalue weighted by Crippen LogP contribution is -2.52. The Bertz CT molecular complexity index is 1020. The van der Waals surface area contributed by atoms with Crippen molar-refractivity contribution < 1.29 is 38.0 Å². The van der Waals surface area contributed by atoms with Crippen LogP contribution in [0.5, 0.6) is 11.5 Å². The van der Waals surface area contributed by atoms with Crippen LogP contribution in [0.2, 0.25) is 0 Å². The Morgan fingerprint density at radius 3 is 2.48 bits per heavy atom. The van der Waals surface area contributed by atoms with Crippen molar-refractivity contribution in [1.29, 1.82) is 0 Å². The van der Waals surface area contributed by atoms with Crippen LogP contribution in [-0.2, 0) is 39.8 Å². The van der Waals surface area contributed by atoms with Crippen LogP contribution in [0, 0.1) is 0 Å². The molecule has 3 aliphatic heterocycles. The van der Waals surface area contributed by atoms with Gasteiger partial charge >= 0.3 is 11.8 Å². The van der Waals surface area contributed by atoms with Gasteiger partial charge in [-0.1, -0.05) is 30.3 Å². The Kier molecular flexibility index (Phi) is 5.46. The quantitative estimate of drug-likeness (QED) is 0.627. The number of hydrogen-bond donors (Lipinski definition) is 0. The molecular weight excluding hydrogens is 428 g/mol. The largest absolute Gasteiger partial charge is 0.457 e. The maximum Gasteiger partial charge on any atom is 0.370 e. The van der Waals surface area contributed by atoms with Gasteiger partial charge in [-0.3, -0.25) is 0 Å². The van der Waals surface area contributed by atoms with E-state index in [2.05, 4.69) is 0 Å². The number of para-hydroxylation sites is 1. The monoisotopic (exact) mass is 456 g/mol. The summed E-state index contributed by atoms with van der Waals surface area (Å²) in [4.78, 5) is 13.3. The van der Waals surface area contributed by atoms with E-state index in [1.54, 1.807) is 13.8 Å². The van der Waals surface area contributed by atoms with Gasteiger partial charge in [-0.2, -0.15) is 0 Å². The third-order valence-corrected chi connectivity index (χ3v) is 5.72. The number of ether oxygens (including phenoxy) is 7. The first kappa shape index (κ1) is 22.3. The van der Waals surface area contributed by atoms with Gasteiger partial charge in [0.2, 0.25) is 0 Å². The second-order valence-corrected chi connectivity index (χ2v) is 9.30. The van der Waals surface area contributed by atoms with Crippen LogP contribution in [0.4, 0.5) is 0 Å². The van der Waals surface area contributed by atoms with Crippen molar-refractivity contribution in [2.24, 2.45) is 0 Å². The van der Waals surface area contributed by atoms with Crippen molar-refractivity contribution in [1.82, 2.24) is 0 Å². The number of rotatable bonds is 5. The molecule has 0 amide bonds. The first-order chi connectivity index (χ1) is 15.7. The fourth-order valence-electron chi connectivity index (χ4n) is 4.38. The minimum atomic E-state index is -1.72. The van der Waals surface area contributed by atoms with E-state index in [9.17, 15) is 4.79 Å². The number of benzene rings is 2. The Hall–Kier alpha value is -2.49. The molecule has 3 saturated heterocycles. The normalized spacial score (nSPS) is 31.5. The lowest BCUT2D eigenvalue weighted by Gasteiger charge is -2.38. The molecule has 8 nitrogen and oxygen atoms in total. The third kappa shape index (κ3) is 4.37. The Morgan fingerprint density at radius 2 is 1.70 bits per heavy atom. The second-order valence-electron chi connectivity index (χ2n) is 9.30. The van der Waals surface area contributed by atoms with Crippen LogP contribution < -0.4 is 4.74 Å². The molecule has 8 heteroatoms. The smallest absolute Gasteiger partial charge is 0.370 e. The molecule has 33 heavy (non-hydrogen) atoms. The summed E-state index contributed by atoms with van der Waals surface area (Å²) in [6.45, 7) is 7.36. The van der Waals surface area contributed by atoms with Gasteiger partial charge < -0.3 is 33.2 Å². The Labute approximate surface area is 192 Å². The van der Waals surface area contributed by atoms with Crippen LogP contribution >= 0.6 is 0 Å². The lowest BCUT2D eigenvalue weighted by molar-refractivity contribution is -0.326. The number of esters is 1. The van der Waals surface area contributed by atoms with E-state index in [0.717, 1.165) is 11.3 Å². The van der Waals surface area contributed by atoms with E-state index in [4.69, 9.17) is 33.2 Å². The van der Waals surface area contributed by atoms with Crippen molar-refractivity contribution in [2.45, 2.75) is 70.0 Å². The number of hydrogen-bond acceptors (Lipinski definition) is 8. The van der Waals surface area contributed by atoms with Gasteiger partial charge in [0.05, 0.1) is 6.61 Å². The summed E-state index contributed by atoms with van der Waals surface area (Å²) in [5.74, 6) is -2.88. The van der Waals surface area contributed by atoms with Crippen LogP contribution in [0.15, 0.2) is 54.6 Å². The van der Waals surface area contributed by atoms with Crippen molar-refractivity contribution in [2.75, 3.05) is 6.61 Å². The van der Waals surface area contributed by atoms with E-state index in [1.807, 2.05) is 68.4 Å². The van der Waals surface area contributed by atoms with Crippen molar-refractivity contribution in [3.8, 4) is 11.5 Å². The SMILES string of the molecule is CC1(C)OC[C@@H]2O[C@@]3(C(=O)OCc4cccc(Oc5ccccc5)c4)OC(C)(C)O[C@H]3[C@@H]2O1. The highest BCUT2D eigenvalue weighted by Gasteiger charge is 2.71. The molecule has 0 bridgehead atoms. The topological polar surface area (TPSA) is 81.7 Å². The van der Waals surface area contributed by atoms with Gasteiger partial charge in [0.25, 0.3) is 0 Å². The minimum absolute atomic E-state index is 0.0185. The predicted octanol–water partition coefficient (Wildman–Crippen LogP) is 3.92. The zero-order valence-electron chi connectivity index (χ0n) is 19.1. The average molecular weight is 456 g/mol. The summed E-state index contributed by atoms with van der Waals surface area (Å²) in [6, 6.07) is 16.8. The van der Waals surface area contributed by atoms with Gasteiger partial charge in [-0.25, -0.2) is 4.79 Å². The van der Waals surface area contributed by atoms with Gasteiger partial charge in [0.1, 0.15) is 30.3 Å². The molecule has 0 N–H and O–H groups in total.